The van der Waals surface area contributed by atoms with Crippen LogP contribution in [-0.4, -0.2) is 17.6 Å². The number of carbonyl (C=O) groups is 1. The highest BCUT2D eigenvalue weighted by Crippen LogP contribution is 2.28. The van der Waals surface area contributed by atoms with Gasteiger partial charge >= 0.3 is 0 Å². The van der Waals surface area contributed by atoms with E-state index in [9.17, 15) is 9.90 Å². The molecule has 2 rings (SSSR count). The van der Waals surface area contributed by atoms with Gasteiger partial charge < -0.3 is 10.4 Å². The van der Waals surface area contributed by atoms with Crippen LogP contribution in [0.15, 0.2) is 24.3 Å². The average molecular weight is 275 g/mol. The summed E-state index contributed by atoms with van der Waals surface area (Å²) in [5.41, 5.74) is 1.95. The Labute approximate surface area is 121 Å². The summed E-state index contributed by atoms with van der Waals surface area (Å²) < 4.78 is 0. The molecule has 110 valence electrons. The largest absolute Gasteiger partial charge is 0.387 e. The first kappa shape index (κ1) is 15.0. The van der Waals surface area contributed by atoms with E-state index in [1.165, 1.54) is 25.7 Å². The molecule has 1 aliphatic rings. The number of hydrogen-bond acceptors (Lipinski definition) is 2. The van der Waals surface area contributed by atoms with Gasteiger partial charge in [-0.15, -0.1) is 0 Å². The SMILES string of the molecule is Cc1ccccc1C(O)CNC(=O)CCC1CCCC1. The number of nitrogens with one attached hydrogen (secondary N) is 1. The predicted octanol–water partition coefficient (Wildman–Crippen LogP) is 3.12. The molecule has 1 amide bonds. The van der Waals surface area contributed by atoms with Crippen molar-refractivity contribution in [1.29, 1.82) is 0 Å². The number of aryl methyl sites for hydroxylation is 1. The maximum atomic E-state index is 11.8. The highest BCUT2D eigenvalue weighted by molar-refractivity contribution is 5.75. The summed E-state index contributed by atoms with van der Waals surface area (Å²) in [6, 6.07) is 7.74. The van der Waals surface area contributed by atoms with E-state index in [2.05, 4.69) is 5.32 Å². The van der Waals surface area contributed by atoms with Crippen molar-refractivity contribution >= 4 is 5.91 Å². The molecule has 0 aliphatic heterocycles. The molecule has 3 heteroatoms. The molecule has 1 atom stereocenters. The summed E-state index contributed by atoms with van der Waals surface area (Å²) in [6.45, 7) is 2.27. The standard InChI is InChI=1S/C17H25NO2/c1-13-6-2-5-9-15(13)16(19)12-18-17(20)11-10-14-7-3-4-8-14/h2,5-6,9,14,16,19H,3-4,7-8,10-12H2,1H3,(H,18,20). The highest BCUT2D eigenvalue weighted by Gasteiger charge is 2.17. The molecule has 0 radical (unpaired) electrons. The van der Waals surface area contributed by atoms with Crippen LogP contribution in [0.4, 0.5) is 0 Å². The molecule has 0 spiro atoms. The van der Waals surface area contributed by atoms with Crippen LogP contribution in [0.5, 0.6) is 0 Å². The molecule has 1 saturated carbocycles. The lowest BCUT2D eigenvalue weighted by Crippen LogP contribution is -2.28. The van der Waals surface area contributed by atoms with E-state index >= 15 is 0 Å². The van der Waals surface area contributed by atoms with Crippen molar-refractivity contribution in [3.63, 3.8) is 0 Å². The zero-order chi connectivity index (χ0) is 14.4. The number of hydrogen-bond donors (Lipinski definition) is 2. The highest BCUT2D eigenvalue weighted by atomic mass is 16.3. The van der Waals surface area contributed by atoms with Gasteiger partial charge in [0.25, 0.3) is 0 Å². The Bertz CT molecular complexity index is 438. The predicted molar refractivity (Wildman–Crippen MR) is 80.3 cm³/mol. The van der Waals surface area contributed by atoms with E-state index in [0.29, 0.717) is 13.0 Å². The Kier molecular flexibility index (Phi) is 5.60. The van der Waals surface area contributed by atoms with E-state index in [0.717, 1.165) is 23.5 Å². The molecule has 1 fully saturated rings. The lowest BCUT2D eigenvalue weighted by atomic mass is 10.0. The van der Waals surface area contributed by atoms with Crippen LogP contribution in [0.25, 0.3) is 0 Å². The van der Waals surface area contributed by atoms with Gasteiger partial charge in [-0.25, -0.2) is 0 Å². The van der Waals surface area contributed by atoms with Crippen molar-refractivity contribution in [1.82, 2.24) is 5.32 Å². The second-order valence-electron chi connectivity index (χ2n) is 5.87. The van der Waals surface area contributed by atoms with Crippen molar-refractivity contribution in [2.24, 2.45) is 5.92 Å². The minimum Gasteiger partial charge on any atom is -0.387 e. The van der Waals surface area contributed by atoms with Crippen molar-refractivity contribution in [3.8, 4) is 0 Å². The molecule has 0 heterocycles. The van der Waals surface area contributed by atoms with Crippen molar-refractivity contribution < 1.29 is 9.90 Å². The fraction of sp³-hybridized carbons (Fsp3) is 0.588. The van der Waals surface area contributed by atoms with E-state index < -0.39 is 6.10 Å². The Balaban J connectivity index is 1.71. The first-order valence-electron chi connectivity index (χ1n) is 7.67. The summed E-state index contributed by atoms with van der Waals surface area (Å²) >= 11 is 0. The Morgan fingerprint density at radius 1 is 1.35 bits per heavy atom. The number of carbonyl (C=O) groups excluding carboxylic acids is 1. The van der Waals surface area contributed by atoms with Crippen LogP contribution in [-0.2, 0) is 4.79 Å². The van der Waals surface area contributed by atoms with Gasteiger partial charge in [0.15, 0.2) is 0 Å². The monoisotopic (exact) mass is 275 g/mol. The van der Waals surface area contributed by atoms with Crippen LogP contribution < -0.4 is 5.32 Å². The number of benzene rings is 1. The molecule has 1 aromatic rings. The third kappa shape index (κ3) is 4.34. The molecule has 0 aromatic heterocycles. The van der Waals surface area contributed by atoms with E-state index in [-0.39, 0.29) is 5.91 Å². The quantitative estimate of drug-likeness (QED) is 0.838. The lowest BCUT2D eigenvalue weighted by molar-refractivity contribution is -0.121. The van der Waals surface area contributed by atoms with Crippen molar-refractivity contribution in [2.45, 2.75) is 51.6 Å². The van der Waals surface area contributed by atoms with Crippen molar-refractivity contribution in [3.05, 3.63) is 35.4 Å². The van der Waals surface area contributed by atoms with Crippen LogP contribution in [0.3, 0.4) is 0 Å². The van der Waals surface area contributed by atoms with Crippen LogP contribution >= 0.6 is 0 Å². The van der Waals surface area contributed by atoms with E-state index in [1.54, 1.807) is 0 Å². The van der Waals surface area contributed by atoms with E-state index in [4.69, 9.17) is 0 Å². The summed E-state index contributed by atoms with van der Waals surface area (Å²) in [4.78, 5) is 11.8. The molecule has 2 N–H and O–H groups in total. The molecule has 1 unspecified atom stereocenters. The molecule has 1 aromatic carbocycles. The Morgan fingerprint density at radius 2 is 2.05 bits per heavy atom. The van der Waals surface area contributed by atoms with Gasteiger partial charge in [-0.3, -0.25) is 4.79 Å². The van der Waals surface area contributed by atoms with Gasteiger partial charge in [-0.2, -0.15) is 0 Å². The summed E-state index contributed by atoms with van der Waals surface area (Å²) in [7, 11) is 0. The second-order valence-corrected chi connectivity index (χ2v) is 5.87. The maximum Gasteiger partial charge on any atom is 0.220 e. The first-order valence-corrected chi connectivity index (χ1v) is 7.67. The van der Waals surface area contributed by atoms with Gasteiger partial charge in [-0.05, 0) is 30.4 Å². The molecule has 3 nitrogen and oxygen atoms in total. The van der Waals surface area contributed by atoms with Gasteiger partial charge in [0.1, 0.15) is 0 Å². The Hall–Kier alpha value is -1.35. The van der Waals surface area contributed by atoms with E-state index in [1.807, 2.05) is 31.2 Å². The molecule has 0 bridgehead atoms. The van der Waals surface area contributed by atoms with Crippen LogP contribution in [0.1, 0.15) is 55.8 Å². The van der Waals surface area contributed by atoms with Gasteiger partial charge in [0, 0.05) is 13.0 Å². The van der Waals surface area contributed by atoms with Crippen molar-refractivity contribution in [2.75, 3.05) is 6.54 Å². The summed E-state index contributed by atoms with van der Waals surface area (Å²) in [5, 5.41) is 13.0. The Morgan fingerprint density at radius 3 is 2.75 bits per heavy atom. The second kappa shape index (κ2) is 7.44. The minimum absolute atomic E-state index is 0.0598. The maximum absolute atomic E-state index is 11.8. The normalized spacial score (nSPS) is 17.1. The third-order valence-electron chi connectivity index (χ3n) is 4.29. The number of amides is 1. The number of aliphatic hydroxyl groups excluding tert-OH is 1. The topological polar surface area (TPSA) is 49.3 Å². The van der Waals surface area contributed by atoms with Gasteiger partial charge in [0.05, 0.1) is 6.10 Å². The smallest absolute Gasteiger partial charge is 0.220 e. The lowest BCUT2D eigenvalue weighted by Gasteiger charge is -2.15. The molecule has 20 heavy (non-hydrogen) atoms. The summed E-state index contributed by atoms with van der Waals surface area (Å²) in [5.74, 6) is 0.798. The molecule has 0 saturated heterocycles. The third-order valence-corrected chi connectivity index (χ3v) is 4.29. The molecule has 1 aliphatic carbocycles. The van der Waals surface area contributed by atoms with Gasteiger partial charge in [-0.1, -0.05) is 49.9 Å². The molecular formula is C17H25NO2. The summed E-state index contributed by atoms with van der Waals surface area (Å²) in [6.07, 6.45) is 6.15. The number of rotatable bonds is 6. The minimum atomic E-state index is -0.619. The van der Waals surface area contributed by atoms with Crippen LogP contribution in [0.2, 0.25) is 0 Å². The van der Waals surface area contributed by atoms with Crippen LogP contribution in [0, 0.1) is 12.8 Å². The fourth-order valence-corrected chi connectivity index (χ4v) is 3.00. The zero-order valence-electron chi connectivity index (χ0n) is 12.3. The first-order chi connectivity index (χ1) is 9.66. The molecular weight excluding hydrogens is 250 g/mol. The van der Waals surface area contributed by atoms with Gasteiger partial charge in [0.2, 0.25) is 5.91 Å². The number of aliphatic hydroxyl groups is 1. The average Bonchev–Trinajstić information content (AvgIpc) is 2.96. The fourth-order valence-electron chi connectivity index (χ4n) is 3.00. The zero-order valence-corrected chi connectivity index (χ0v) is 12.3.